The van der Waals surface area contributed by atoms with Gasteiger partial charge in [-0.3, -0.25) is 4.90 Å². The van der Waals surface area contributed by atoms with Crippen molar-refractivity contribution in [3.05, 3.63) is 0 Å². The fraction of sp³-hybridized carbons (Fsp3) is 0.875. The summed E-state index contributed by atoms with van der Waals surface area (Å²) in [6.45, 7) is 2.69. The normalized spacial score (nSPS) is 20.5. The molecule has 1 aliphatic heterocycles. The Morgan fingerprint density at radius 3 is 2.69 bits per heavy atom. The van der Waals surface area contributed by atoms with Crippen molar-refractivity contribution in [1.82, 2.24) is 9.21 Å². The molecular weight excluding hydrogens is 186 g/mol. The van der Waals surface area contributed by atoms with Crippen LogP contribution in [-0.4, -0.2) is 40.6 Å². The van der Waals surface area contributed by atoms with E-state index in [4.69, 9.17) is 9.81 Å². The molecule has 0 aliphatic carbocycles. The van der Waals surface area contributed by atoms with E-state index in [9.17, 15) is 0 Å². The lowest BCUT2D eigenvalue weighted by atomic mass is 9.99. The van der Waals surface area contributed by atoms with E-state index in [0.717, 1.165) is 44.8 Å². The summed E-state index contributed by atoms with van der Waals surface area (Å²) in [5, 5.41) is 8.68. The highest BCUT2D eigenvalue weighted by Crippen LogP contribution is 2.16. The topological polar surface area (TPSA) is 50.5 Å². The molecule has 0 aromatic rings. The molecule has 0 atom stereocenters. The van der Waals surface area contributed by atoms with Crippen molar-refractivity contribution in [3.63, 3.8) is 0 Å². The van der Waals surface area contributed by atoms with Gasteiger partial charge in [-0.2, -0.15) is 5.26 Å². The Morgan fingerprint density at radius 1 is 1.62 bits per heavy atom. The number of nitriles is 1. The monoisotopic (exact) mass is 201 g/mol. The number of hydrogen-bond donors (Lipinski definition) is 1. The van der Waals surface area contributed by atoms with Crippen molar-refractivity contribution in [3.8, 4) is 6.07 Å². The molecule has 0 bridgehead atoms. The summed E-state index contributed by atoms with van der Waals surface area (Å²) in [5.41, 5.74) is 0. The maximum Gasteiger partial charge on any atom is 0.0799 e. The Kier molecular flexibility index (Phi) is 4.53. The maximum absolute atomic E-state index is 8.73. The molecule has 0 unspecified atom stereocenters. The Bertz CT molecular complexity index is 186. The summed E-state index contributed by atoms with van der Waals surface area (Å²) >= 11 is 0.752. The zero-order chi connectivity index (χ0) is 9.68. The van der Waals surface area contributed by atoms with Gasteiger partial charge in [0.05, 0.1) is 25.0 Å². The fourth-order valence-corrected chi connectivity index (χ4v) is 1.73. The molecule has 1 rings (SSSR count). The van der Waals surface area contributed by atoms with E-state index in [0.29, 0.717) is 0 Å². The Morgan fingerprint density at radius 2 is 2.23 bits per heavy atom. The summed E-state index contributed by atoms with van der Waals surface area (Å²) < 4.78 is 10.5. The molecule has 0 saturated carbocycles. The lowest BCUT2D eigenvalue weighted by molar-refractivity contribution is 0.164. The summed E-state index contributed by atoms with van der Waals surface area (Å²) in [6, 6.07) is 2.30. The van der Waals surface area contributed by atoms with Crippen LogP contribution in [0.1, 0.15) is 12.8 Å². The highest BCUT2D eigenvalue weighted by molar-refractivity contribution is 7.91. The molecule has 1 fully saturated rings. The third-order valence-electron chi connectivity index (χ3n) is 2.31. The van der Waals surface area contributed by atoms with Crippen molar-refractivity contribution in [2.24, 2.45) is 5.92 Å². The molecule has 5 heteroatoms. The molecule has 1 saturated heterocycles. The van der Waals surface area contributed by atoms with E-state index in [1.165, 1.54) is 0 Å². The van der Waals surface area contributed by atoms with Crippen LogP contribution in [0.5, 0.6) is 0 Å². The number of likely N-dealkylation sites (tertiary alicyclic amines) is 1. The van der Waals surface area contributed by atoms with Crippen molar-refractivity contribution in [2.75, 3.05) is 26.8 Å². The van der Waals surface area contributed by atoms with Crippen LogP contribution < -0.4 is 0 Å². The van der Waals surface area contributed by atoms with Crippen LogP contribution in [0, 0.1) is 17.2 Å². The van der Waals surface area contributed by atoms with Gasteiger partial charge in [0.15, 0.2) is 0 Å². The van der Waals surface area contributed by atoms with Crippen LogP contribution >= 0.6 is 12.2 Å². The van der Waals surface area contributed by atoms with Gasteiger partial charge in [0.25, 0.3) is 0 Å². The quantitative estimate of drug-likeness (QED) is 0.550. The molecule has 0 aromatic heterocycles. The summed E-state index contributed by atoms with van der Waals surface area (Å²) in [4.78, 5) is 2.25. The fourth-order valence-electron chi connectivity index (χ4n) is 1.51. The zero-order valence-corrected chi connectivity index (χ0v) is 8.63. The zero-order valence-electron chi connectivity index (χ0n) is 7.81. The van der Waals surface area contributed by atoms with E-state index in [-0.39, 0.29) is 5.92 Å². The van der Waals surface area contributed by atoms with Gasteiger partial charge in [-0.25, -0.2) is 4.31 Å². The molecule has 13 heavy (non-hydrogen) atoms. The van der Waals surface area contributed by atoms with Crippen LogP contribution in [0.25, 0.3) is 0 Å². The van der Waals surface area contributed by atoms with Crippen LogP contribution in [0.3, 0.4) is 0 Å². The molecule has 74 valence electrons. The van der Waals surface area contributed by atoms with Gasteiger partial charge in [0.2, 0.25) is 0 Å². The van der Waals surface area contributed by atoms with Crippen LogP contribution in [0.2, 0.25) is 0 Å². The first kappa shape index (κ1) is 10.8. The average molecular weight is 201 g/mol. The molecular formula is C8H15N3OS. The number of rotatable bonds is 3. The molecule has 0 radical (unpaired) electrons. The van der Waals surface area contributed by atoms with Gasteiger partial charge in [0, 0.05) is 26.1 Å². The van der Waals surface area contributed by atoms with Crippen molar-refractivity contribution < 1.29 is 4.55 Å². The minimum atomic E-state index is 0.239. The lowest BCUT2D eigenvalue weighted by Crippen LogP contribution is -2.38. The Hall–Kier alpha value is -0.280. The third-order valence-corrected chi connectivity index (χ3v) is 2.70. The van der Waals surface area contributed by atoms with Gasteiger partial charge in [-0.05, 0) is 12.8 Å². The second kappa shape index (κ2) is 5.45. The summed E-state index contributed by atoms with van der Waals surface area (Å²) in [7, 11) is 1.85. The standard InChI is InChI=1S/C8H15N3OS/c1-10(13-12)7-11-4-2-8(6-9)3-5-11/h8,12H,2-5,7H2,1H3. The van der Waals surface area contributed by atoms with Crippen molar-refractivity contribution >= 4 is 12.2 Å². The van der Waals surface area contributed by atoms with E-state index in [1.54, 1.807) is 4.31 Å². The molecule has 4 nitrogen and oxygen atoms in total. The highest BCUT2D eigenvalue weighted by atomic mass is 32.2. The van der Waals surface area contributed by atoms with Gasteiger partial charge < -0.3 is 4.55 Å². The minimum absolute atomic E-state index is 0.239. The molecule has 1 heterocycles. The Labute approximate surface area is 83.5 Å². The predicted octanol–water partition coefficient (Wildman–Crippen LogP) is 1.23. The van der Waals surface area contributed by atoms with Gasteiger partial charge in [-0.15, -0.1) is 0 Å². The third kappa shape index (κ3) is 3.53. The first-order valence-corrected chi connectivity index (χ1v) is 5.14. The predicted molar refractivity (Wildman–Crippen MR) is 52.8 cm³/mol. The van der Waals surface area contributed by atoms with E-state index < -0.39 is 0 Å². The Balaban J connectivity index is 2.22. The second-order valence-corrected chi connectivity index (χ2v) is 4.16. The average Bonchev–Trinajstić information content (AvgIpc) is 2.19. The van der Waals surface area contributed by atoms with Gasteiger partial charge in [0.1, 0.15) is 0 Å². The summed E-state index contributed by atoms with van der Waals surface area (Å²) in [5.74, 6) is 0.239. The van der Waals surface area contributed by atoms with Crippen LogP contribution in [0.4, 0.5) is 0 Å². The van der Waals surface area contributed by atoms with E-state index >= 15 is 0 Å². The number of nitrogens with zero attached hydrogens (tertiary/aromatic N) is 3. The summed E-state index contributed by atoms with van der Waals surface area (Å²) in [6.07, 6.45) is 1.92. The molecule has 1 N–H and O–H groups in total. The van der Waals surface area contributed by atoms with E-state index in [1.807, 2.05) is 7.05 Å². The largest absolute Gasteiger partial charge is 0.317 e. The second-order valence-electron chi connectivity index (χ2n) is 3.37. The lowest BCUT2D eigenvalue weighted by Gasteiger charge is -2.30. The number of hydrogen-bond acceptors (Lipinski definition) is 5. The van der Waals surface area contributed by atoms with Gasteiger partial charge >= 0.3 is 0 Å². The van der Waals surface area contributed by atoms with Crippen molar-refractivity contribution in [1.29, 1.82) is 5.26 Å². The maximum atomic E-state index is 8.73. The smallest absolute Gasteiger partial charge is 0.0799 e. The first-order valence-electron chi connectivity index (χ1n) is 4.41. The molecule has 0 spiro atoms. The first-order chi connectivity index (χ1) is 6.26. The van der Waals surface area contributed by atoms with Crippen LogP contribution in [-0.2, 0) is 0 Å². The molecule has 0 aromatic carbocycles. The SMILES string of the molecule is CN(CN1CCC(C#N)CC1)SO. The minimum Gasteiger partial charge on any atom is -0.317 e. The number of piperidine rings is 1. The van der Waals surface area contributed by atoms with Crippen LogP contribution in [0.15, 0.2) is 0 Å². The molecule has 0 amide bonds. The van der Waals surface area contributed by atoms with Crippen molar-refractivity contribution in [2.45, 2.75) is 12.8 Å². The molecule has 1 aliphatic rings. The highest BCUT2D eigenvalue weighted by Gasteiger charge is 2.19. The van der Waals surface area contributed by atoms with Gasteiger partial charge in [-0.1, -0.05) is 0 Å². The van der Waals surface area contributed by atoms with E-state index in [2.05, 4.69) is 11.0 Å².